The zero-order chi connectivity index (χ0) is 16.1. The number of nitrogens with zero attached hydrogens (tertiary/aromatic N) is 3. The number of likely N-dealkylation sites (tertiary alicyclic amines) is 3. The number of piperidine rings is 3. The normalized spacial score (nSPS) is 27.6. The van der Waals surface area contributed by atoms with Crippen molar-refractivity contribution in [2.75, 3.05) is 39.3 Å². The predicted octanol–water partition coefficient (Wildman–Crippen LogP) is 2.73. The summed E-state index contributed by atoms with van der Waals surface area (Å²) in [5, 5.41) is 0. The Morgan fingerprint density at radius 1 is 0.652 bits per heavy atom. The highest BCUT2D eigenvalue weighted by Gasteiger charge is 2.37. The van der Waals surface area contributed by atoms with Crippen molar-refractivity contribution in [3.8, 4) is 0 Å². The fourth-order valence-electron chi connectivity index (χ4n) is 4.69. The highest BCUT2D eigenvalue weighted by molar-refractivity contribution is 5.82. The molecule has 3 saturated heterocycles. The minimum absolute atomic E-state index is 0.0894. The lowest BCUT2D eigenvalue weighted by molar-refractivity contribution is -0.141. The molecule has 0 aliphatic carbocycles. The molecule has 0 radical (unpaired) electrons. The third kappa shape index (κ3) is 4.27. The van der Waals surface area contributed by atoms with Gasteiger partial charge >= 0.3 is 0 Å². The van der Waals surface area contributed by atoms with E-state index in [9.17, 15) is 4.79 Å². The van der Waals surface area contributed by atoms with Crippen LogP contribution in [0.25, 0.3) is 0 Å². The fraction of sp³-hybridized carbons (Fsp3) is 0.947. The lowest BCUT2D eigenvalue weighted by Gasteiger charge is -2.44. The molecule has 4 heteroatoms. The van der Waals surface area contributed by atoms with E-state index in [1.54, 1.807) is 0 Å². The van der Waals surface area contributed by atoms with Crippen LogP contribution in [0.5, 0.6) is 0 Å². The van der Waals surface area contributed by atoms with Crippen molar-refractivity contribution in [3.05, 3.63) is 0 Å². The Kier molecular flexibility index (Phi) is 6.35. The molecule has 0 spiro atoms. The second kappa shape index (κ2) is 8.48. The minimum atomic E-state index is 0.0894. The first-order valence-corrected chi connectivity index (χ1v) is 10.0. The van der Waals surface area contributed by atoms with Crippen LogP contribution in [0.4, 0.5) is 0 Å². The van der Waals surface area contributed by atoms with Crippen molar-refractivity contribution in [2.24, 2.45) is 0 Å². The third-order valence-corrected chi connectivity index (χ3v) is 6.13. The summed E-state index contributed by atoms with van der Waals surface area (Å²) in [5.41, 5.74) is 0. The molecule has 3 aliphatic rings. The second-order valence-electron chi connectivity index (χ2n) is 7.76. The summed E-state index contributed by atoms with van der Waals surface area (Å²) < 4.78 is 0. The van der Waals surface area contributed by atoms with Gasteiger partial charge in [-0.05, 0) is 78.0 Å². The molecule has 2 unspecified atom stereocenters. The quantitative estimate of drug-likeness (QED) is 0.796. The monoisotopic (exact) mass is 321 g/mol. The molecule has 132 valence electrons. The van der Waals surface area contributed by atoms with Crippen LogP contribution in [-0.4, -0.2) is 72.0 Å². The Morgan fingerprint density at radius 3 is 1.61 bits per heavy atom. The van der Waals surface area contributed by atoms with E-state index in [-0.39, 0.29) is 6.04 Å². The average molecular weight is 322 g/mol. The van der Waals surface area contributed by atoms with Gasteiger partial charge in [-0.1, -0.05) is 12.8 Å². The summed E-state index contributed by atoms with van der Waals surface area (Å²) in [5.74, 6) is 0.421. The van der Waals surface area contributed by atoms with Crippen LogP contribution < -0.4 is 0 Å². The molecule has 0 aromatic heterocycles. The van der Waals surface area contributed by atoms with Gasteiger partial charge in [0.15, 0.2) is 0 Å². The van der Waals surface area contributed by atoms with E-state index in [0.29, 0.717) is 11.9 Å². The van der Waals surface area contributed by atoms with Gasteiger partial charge in [-0.2, -0.15) is 0 Å². The van der Waals surface area contributed by atoms with Gasteiger partial charge < -0.3 is 4.90 Å². The maximum absolute atomic E-state index is 13.3. The van der Waals surface area contributed by atoms with Gasteiger partial charge in [0.2, 0.25) is 5.91 Å². The molecule has 3 fully saturated rings. The van der Waals surface area contributed by atoms with Gasteiger partial charge in [0, 0.05) is 19.1 Å². The van der Waals surface area contributed by atoms with Crippen LogP contribution in [0.15, 0.2) is 0 Å². The third-order valence-electron chi connectivity index (χ3n) is 6.13. The Morgan fingerprint density at radius 2 is 1.09 bits per heavy atom. The largest absolute Gasteiger partial charge is 0.341 e. The number of hydrogen-bond donors (Lipinski definition) is 0. The lowest BCUT2D eigenvalue weighted by Crippen LogP contribution is -2.60. The standard InChI is InChI=1S/C19H35N3O/c1-17(20-11-5-2-6-12-20)18(21-13-7-3-8-14-21)19(23)22-15-9-4-10-16-22/h17-18H,2-16H2,1H3. The lowest BCUT2D eigenvalue weighted by atomic mass is 9.97. The number of hydrogen-bond acceptors (Lipinski definition) is 3. The maximum Gasteiger partial charge on any atom is 0.241 e. The Balaban J connectivity index is 1.72. The molecule has 0 bridgehead atoms. The van der Waals surface area contributed by atoms with Gasteiger partial charge in [-0.15, -0.1) is 0 Å². The highest BCUT2D eigenvalue weighted by Crippen LogP contribution is 2.23. The van der Waals surface area contributed by atoms with Crippen LogP contribution >= 0.6 is 0 Å². The first-order valence-electron chi connectivity index (χ1n) is 10.0. The number of carbonyl (C=O) groups is 1. The minimum Gasteiger partial charge on any atom is -0.341 e. The molecule has 4 nitrogen and oxygen atoms in total. The summed E-state index contributed by atoms with van der Waals surface area (Å²) in [6, 6.07) is 0.453. The number of carbonyl (C=O) groups excluding carboxylic acids is 1. The molecular weight excluding hydrogens is 286 g/mol. The zero-order valence-electron chi connectivity index (χ0n) is 15.0. The van der Waals surface area contributed by atoms with Gasteiger partial charge in [-0.3, -0.25) is 14.6 Å². The molecule has 3 heterocycles. The van der Waals surface area contributed by atoms with Crippen LogP contribution in [0.1, 0.15) is 64.7 Å². The van der Waals surface area contributed by atoms with Crippen LogP contribution in [0.2, 0.25) is 0 Å². The topological polar surface area (TPSA) is 26.8 Å². The van der Waals surface area contributed by atoms with Crippen molar-refractivity contribution in [2.45, 2.75) is 76.8 Å². The van der Waals surface area contributed by atoms with Gasteiger partial charge in [0.25, 0.3) is 0 Å². The number of rotatable bonds is 4. The molecule has 0 N–H and O–H groups in total. The van der Waals surface area contributed by atoms with E-state index in [2.05, 4.69) is 21.6 Å². The van der Waals surface area contributed by atoms with Gasteiger partial charge in [-0.25, -0.2) is 0 Å². The van der Waals surface area contributed by atoms with Crippen molar-refractivity contribution < 1.29 is 4.79 Å². The van der Waals surface area contributed by atoms with E-state index in [0.717, 1.165) is 26.2 Å². The fourth-order valence-corrected chi connectivity index (χ4v) is 4.69. The Bertz CT molecular complexity index is 369. The van der Waals surface area contributed by atoms with E-state index in [1.807, 2.05) is 0 Å². The Labute approximate surface area is 142 Å². The molecule has 3 aliphatic heterocycles. The summed E-state index contributed by atoms with van der Waals surface area (Å²) in [6.07, 6.45) is 11.5. The first kappa shape index (κ1) is 17.2. The molecule has 0 aromatic carbocycles. The van der Waals surface area contributed by atoms with Crippen LogP contribution in [0, 0.1) is 0 Å². The van der Waals surface area contributed by atoms with E-state index in [4.69, 9.17) is 0 Å². The Hall–Kier alpha value is -0.610. The van der Waals surface area contributed by atoms with Gasteiger partial charge in [0.1, 0.15) is 6.04 Å². The van der Waals surface area contributed by atoms with Crippen molar-refractivity contribution in [1.29, 1.82) is 0 Å². The molecular formula is C19H35N3O. The second-order valence-corrected chi connectivity index (χ2v) is 7.76. The van der Waals surface area contributed by atoms with Crippen molar-refractivity contribution in [1.82, 2.24) is 14.7 Å². The molecule has 2 atom stereocenters. The molecule has 0 saturated carbocycles. The zero-order valence-corrected chi connectivity index (χ0v) is 15.0. The van der Waals surface area contributed by atoms with Crippen molar-refractivity contribution in [3.63, 3.8) is 0 Å². The molecule has 23 heavy (non-hydrogen) atoms. The SMILES string of the molecule is CC(C(C(=O)N1CCCCC1)N1CCCCC1)N1CCCCC1. The van der Waals surface area contributed by atoms with Crippen LogP contribution in [0.3, 0.4) is 0 Å². The van der Waals surface area contributed by atoms with E-state index in [1.165, 1.54) is 70.9 Å². The first-order chi connectivity index (χ1) is 11.3. The number of amides is 1. The average Bonchev–Trinajstić information content (AvgIpc) is 2.64. The summed E-state index contributed by atoms with van der Waals surface area (Å²) >= 11 is 0. The molecule has 0 aromatic rings. The van der Waals surface area contributed by atoms with Crippen LogP contribution in [-0.2, 0) is 4.79 Å². The summed E-state index contributed by atoms with van der Waals surface area (Å²) in [4.78, 5) is 20.6. The van der Waals surface area contributed by atoms with E-state index < -0.39 is 0 Å². The maximum atomic E-state index is 13.3. The predicted molar refractivity (Wildman–Crippen MR) is 94.5 cm³/mol. The van der Waals surface area contributed by atoms with E-state index >= 15 is 0 Å². The summed E-state index contributed by atoms with van der Waals surface area (Å²) in [6.45, 7) is 8.86. The van der Waals surface area contributed by atoms with Gasteiger partial charge in [0.05, 0.1) is 0 Å². The highest BCUT2D eigenvalue weighted by atomic mass is 16.2. The smallest absolute Gasteiger partial charge is 0.241 e. The van der Waals surface area contributed by atoms with Crippen molar-refractivity contribution >= 4 is 5.91 Å². The molecule has 3 rings (SSSR count). The summed E-state index contributed by atoms with van der Waals surface area (Å²) in [7, 11) is 0. The molecule has 1 amide bonds.